The van der Waals surface area contributed by atoms with Crippen LogP contribution in [0.2, 0.25) is 0 Å². The van der Waals surface area contributed by atoms with E-state index in [0.717, 1.165) is 24.4 Å². The average molecular weight is 307 g/mol. The lowest BCUT2D eigenvalue weighted by atomic mass is 10.2. The summed E-state index contributed by atoms with van der Waals surface area (Å²) in [5.41, 5.74) is 1.11. The molecule has 0 atom stereocenters. The van der Waals surface area contributed by atoms with Crippen molar-refractivity contribution in [3.63, 3.8) is 0 Å². The summed E-state index contributed by atoms with van der Waals surface area (Å²) in [6, 6.07) is 10.2. The third-order valence-corrected chi connectivity index (χ3v) is 4.28. The Morgan fingerprint density at radius 2 is 1.90 bits per heavy atom. The van der Waals surface area contributed by atoms with Gasteiger partial charge >= 0.3 is 0 Å². The first-order chi connectivity index (χ1) is 9.83. The van der Waals surface area contributed by atoms with Gasteiger partial charge in [-0.2, -0.15) is 16.9 Å². The van der Waals surface area contributed by atoms with Gasteiger partial charge in [-0.05, 0) is 37.1 Å². The van der Waals surface area contributed by atoms with Gasteiger partial charge in [0.15, 0.2) is 10.6 Å². The maximum Gasteiger partial charge on any atom is 0.195 e. The number of thioether (sulfide) groups is 1. The molecular weight excluding hydrogens is 286 g/mol. The summed E-state index contributed by atoms with van der Waals surface area (Å²) in [6.45, 7) is 0.943. The van der Waals surface area contributed by atoms with Crippen molar-refractivity contribution in [2.24, 2.45) is 0 Å². The number of rotatable bonds is 8. The molecule has 3 nitrogen and oxygen atoms in total. The van der Waals surface area contributed by atoms with Crippen molar-refractivity contribution in [3.8, 4) is 11.4 Å². The summed E-state index contributed by atoms with van der Waals surface area (Å²) in [4.78, 5) is 0. The van der Waals surface area contributed by atoms with Crippen LogP contribution in [0.1, 0.15) is 25.7 Å². The van der Waals surface area contributed by atoms with Crippen molar-refractivity contribution in [1.82, 2.24) is 14.8 Å². The molecule has 1 aromatic heterocycles. The van der Waals surface area contributed by atoms with E-state index in [1.54, 1.807) is 0 Å². The predicted molar refractivity (Wildman–Crippen MR) is 89.7 cm³/mol. The summed E-state index contributed by atoms with van der Waals surface area (Å²) in [6.07, 6.45) is 7.18. The number of hydrogen-bond donors (Lipinski definition) is 1. The van der Waals surface area contributed by atoms with Gasteiger partial charge in [-0.3, -0.25) is 5.10 Å². The van der Waals surface area contributed by atoms with Crippen LogP contribution in [0.15, 0.2) is 30.3 Å². The Morgan fingerprint density at radius 1 is 1.15 bits per heavy atom. The quantitative estimate of drug-likeness (QED) is 0.574. The van der Waals surface area contributed by atoms with Gasteiger partial charge in [0.05, 0.1) is 0 Å². The Labute approximate surface area is 129 Å². The molecule has 0 amide bonds. The lowest BCUT2D eigenvalue weighted by molar-refractivity contribution is 0.582. The predicted octanol–water partition coefficient (Wildman–Crippen LogP) is 4.53. The Morgan fingerprint density at radius 3 is 2.65 bits per heavy atom. The first kappa shape index (κ1) is 15.3. The molecule has 0 saturated carbocycles. The number of nitrogens with zero attached hydrogens (tertiary/aromatic N) is 2. The third kappa shape index (κ3) is 4.21. The van der Waals surface area contributed by atoms with Gasteiger partial charge in [0.25, 0.3) is 0 Å². The second kappa shape index (κ2) is 8.27. The van der Waals surface area contributed by atoms with Crippen LogP contribution in [0.4, 0.5) is 0 Å². The highest BCUT2D eigenvalue weighted by Crippen LogP contribution is 2.17. The molecule has 20 heavy (non-hydrogen) atoms. The first-order valence-electron chi connectivity index (χ1n) is 7.02. The van der Waals surface area contributed by atoms with Crippen molar-refractivity contribution in [1.29, 1.82) is 0 Å². The van der Waals surface area contributed by atoms with E-state index in [1.807, 2.05) is 30.0 Å². The number of unbranched alkanes of at least 4 members (excludes halogenated alkanes) is 3. The molecule has 108 valence electrons. The second-order valence-electron chi connectivity index (χ2n) is 4.78. The molecule has 0 aliphatic rings. The van der Waals surface area contributed by atoms with Crippen molar-refractivity contribution in [3.05, 3.63) is 35.1 Å². The van der Waals surface area contributed by atoms with E-state index in [-0.39, 0.29) is 0 Å². The summed E-state index contributed by atoms with van der Waals surface area (Å²) < 4.78 is 2.83. The van der Waals surface area contributed by atoms with Crippen molar-refractivity contribution < 1.29 is 0 Å². The van der Waals surface area contributed by atoms with E-state index in [2.05, 4.69) is 33.2 Å². The van der Waals surface area contributed by atoms with Crippen LogP contribution in [-0.2, 0) is 6.54 Å². The minimum atomic E-state index is 0.716. The SMILES string of the molecule is CSCCCCCCn1c(-c2ccccc2)n[nH]c1=S. The van der Waals surface area contributed by atoms with Crippen LogP contribution in [0.5, 0.6) is 0 Å². The summed E-state index contributed by atoms with van der Waals surface area (Å²) in [5, 5.41) is 7.27. The fourth-order valence-corrected chi connectivity index (χ4v) is 2.92. The zero-order valence-electron chi connectivity index (χ0n) is 11.8. The highest BCUT2D eigenvalue weighted by atomic mass is 32.2. The molecule has 0 radical (unpaired) electrons. The van der Waals surface area contributed by atoms with E-state index >= 15 is 0 Å². The van der Waals surface area contributed by atoms with Crippen molar-refractivity contribution >= 4 is 24.0 Å². The molecule has 0 saturated heterocycles. The number of benzene rings is 1. The molecule has 5 heteroatoms. The van der Waals surface area contributed by atoms with E-state index in [1.165, 1.54) is 25.0 Å². The highest BCUT2D eigenvalue weighted by Gasteiger charge is 2.07. The third-order valence-electron chi connectivity index (χ3n) is 3.27. The number of hydrogen-bond acceptors (Lipinski definition) is 3. The highest BCUT2D eigenvalue weighted by molar-refractivity contribution is 7.98. The largest absolute Gasteiger partial charge is 0.300 e. The zero-order chi connectivity index (χ0) is 14.2. The zero-order valence-corrected chi connectivity index (χ0v) is 13.5. The smallest absolute Gasteiger partial charge is 0.195 e. The van der Waals surface area contributed by atoms with E-state index < -0.39 is 0 Å². The topological polar surface area (TPSA) is 33.6 Å². The Kier molecular flexibility index (Phi) is 6.33. The molecule has 1 heterocycles. The van der Waals surface area contributed by atoms with Gasteiger partial charge in [-0.15, -0.1) is 0 Å². The van der Waals surface area contributed by atoms with Gasteiger partial charge in [0.2, 0.25) is 0 Å². The number of aromatic nitrogens is 3. The van der Waals surface area contributed by atoms with Gasteiger partial charge in [0.1, 0.15) is 0 Å². The summed E-state index contributed by atoms with van der Waals surface area (Å²) >= 11 is 7.26. The van der Waals surface area contributed by atoms with Gasteiger partial charge in [-0.25, -0.2) is 0 Å². The minimum Gasteiger partial charge on any atom is -0.300 e. The minimum absolute atomic E-state index is 0.716. The van der Waals surface area contributed by atoms with Gasteiger partial charge in [-0.1, -0.05) is 43.2 Å². The molecule has 0 bridgehead atoms. The van der Waals surface area contributed by atoms with Crippen LogP contribution in [-0.4, -0.2) is 26.8 Å². The molecule has 0 spiro atoms. The maximum absolute atomic E-state index is 5.33. The fourth-order valence-electron chi connectivity index (χ4n) is 2.20. The van der Waals surface area contributed by atoms with Crippen LogP contribution < -0.4 is 0 Å². The molecule has 2 aromatic rings. The van der Waals surface area contributed by atoms with Crippen LogP contribution >= 0.6 is 24.0 Å². The standard InChI is InChI=1S/C15H21N3S2/c1-20-12-8-3-2-7-11-18-14(16-17-15(18)19)13-9-5-4-6-10-13/h4-6,9-10H,2-3,7-8,11-12H2,1H3,(H,17,19). The molecule has 2 rings (SSSR count). The van der Waals surface area contributed by atoms with E-state index in [4.69, 9.17) is 12.2 Å². The monoisotopic (exact) mass is 307 g/mol. The molecule has 0 unspecified atom stereocenters. The molecule has 0 aliphatic heterocycles. The van der Waals surface area contributed by atoms with Crippen molar-refractivity contribution in [2.45, 2.75) is 32.2 Å². The Bertz CT molecular complexity index is 560. The number of H-pyrrole nitrogens is 1. The molecule has 0 fully saturated rings. The second-order valence-corrected chi connectivity index (χ2v) is 6.15. The summed E-state index contributed by atoms with van der Waals surface area (Å²) in [5.74, 6) is 2.21. The van der Waals surface area contributed by atoms with Crippen molar-refractivity contribution in [2.75, 3.05) is 12.0 Å². The lowest BCUT2D eigenvalue weighted by Gasteiger charge is -2.06. The van der Waals surface area contributed by atoms with Gasteiger partial charge < -0.3 is 4.57 Å². The summed E-state index contributed by atoms with van der Waals surface area (Å²) in [7, 11) is 0. The molecule has 1 N–H and O–H groups in total. The maximum atomic E-state index is 5.33. The van der Waals surface area contributed by atoms with Crippen LogP contribution in [0.3, 0.4) is 0 Å². The number of aromatic amines is 1. The van der Waals surface area contributed by atoms with Gasteiger partial charge in [0, 0.05) is 12.1 Å². The average Bonchev–Trinajstić information content (AvgIpc) is 2.85. The molecular formula is C15H21N3S2. The Hall–Kier alpha value is -1.07. The Balaban J connectivity index is 1.95. The lowest BCUT2D eigenvalue weighted by Crippen LogP contribution is -2.01. The molecule has 0 aliphatic carbocycles. The van der Waals surface area contributed by atoms with Crippen LogP contribution in [0, 0.1) is 4.77 Å². The normalized spacial score (nSPS) is 10.8. The number of nitrogens with one attached hydrogen (secondary N) is 1. The van der Waals surface area contributed by atoms with E-state index in [0.29, 0.717) is 4.77 Å². The molecule has 1 aromatic carbocycles. The first-order valence-corrected chi connectivity index (χ1v) is 8.82. The fraction of sp³-hybridized carbons (Fsp3) is 0.467. The van der Waals surface area contributed by atoms with Crippen LogP contribution in [0.25, 0.3) is 11.4 Å². The van der Waals surface area contributed by atoms with E-state index in [9.17, 15) is 0 Å².